The van der Waals surface area contributed by atoms with Crippen molar-refractivity contribution in [3.63, 3.8) is 0 Å². The minimum atomic E-state index is 0.245. The second kappa shape index (κ2) is 6.73. The van der Waals surface area contributed by atoms with Crippen molar-refractivity contribution in [1.29, 1.82) is 0 Å². The molecule has 1 aliphatic carbocycles. The number of nitrogens with zero attached hydrogens (tertiary/aromatic N) is 2. The van der Waals surface area contributed by atoms with Gasteiger partial charge in [0.15, 0.2) is 0 Å². The van der Waals surface area contributed by atoms with E-state index in [-0.39, 0.29) is 12.0 Å². The number of hydrogen-bond donors (Lipinski definition) is 0. The molecule has 3 aliphatic rings. The zero-order valence-electron chi connectivity index (χ0n) is 14.4. The van der Waals surface area contributed by atoms with Gasteiger partial charge in [0, 0.05) is 36.9 Å². The molecule has 2 aliphatic heterocycles. The lowest BCUT2D eigenvalue weighted by atomic mass is 9.91. The van der Waals surface area contributed by atoms with Gasteiger partial charge in [-0.3, -0.25) is 4.79 Å². The Labute approximate surface area is 147 Å². The number of likely N-dealkylation sites (tertiary alicyclic amines) is 1. The van der Waals surface area contributed by atoms with Crippen molar-refractivity contribution >= 4 is 17.2 Å². The summed E-state index contributed by atoms with van der Waals surface area (Å²) in [7, 11) is 0. The normalized spacial score (nSPS) is 34.6. The van der Waals surface area contributed by atoms with Gasteiger partial charge in [-0.05, 0) is 31.6 Å². The third-order valence-electron chi connectivity index (χ3n) is 5.73. The molecule has 0 aromatic carbocycles. The van der Waals surface area contributed by atoms with Crippen LogP contribution in [0.3, 0.4) is 0 Å². The van der Waals surface area contributed by atoms with Crippen LogP contribution in [0.2, 0.25) is 0 Å². The molecule has 2 unspecified atom stereocenters. The number of aryl methyl sites for hydroxylation is 1. The molecule has 5 nitrogen and oxygen atoms in total. The Morgan fingerprint density at radius 3 is 3.04 bits per heavy atom. The molecule has 0 N–H and O–H groups in total. The van der Waals surface area contributed by atoms with Gasteiger partial charge in [-0.2, -0.15) is 0 Å². The molecule has 4 rings (SSSR count). The second-order valence-electron chi connectivity index (χ2n) is 7.56. The number of rotatable bonds is 6. The molecule has 1 aromatic rings. The molecule has 132 valence electrons. The first-order chi connectivity index (χ1) is 11.6. The summed E-state index contributed by atoms with van der Waals surface area (Å²) in [6, 6.07) is 0. The Bertz CT molecular complexity index is 605. The highest BCUT2D eigenvalue weighted by Crippen LogP contribution is 2.42. The average Bonchev–Trinajstić information content (AvgIpc) is 2.93. The Balaban J connectivity index is 1.22. The summed E-state index contributed by atoms with van der Waals surface area (Å²) < 4.78 is 11.7. The van der Waals surface area contributed by atoms with E-state index < -0.39 is 0 Å². The van der Waals surface area contributed by atoms with Crippen molar-refractivity contribution in [1.82, 2.24) is 9.88 Å². The number of fused-ring (bicyclic) bond motifs is 1. The summed E-state index contributed by atoms with van der Waals surface area (Å²) in [6.45, 7) is 8.00. The molecule has 0 spiro atoms. The Morgan fingerprint density at radius 2 is 2.33 bits per heavy atom. The quantitative estimate of drug-likeness (QED) is 0.740. The highest BCUT2D eigenvalue weighted by atomic mass is 32.1. The Morgan fingerprint density at radius 1 is 1.50 bits per heavy atom. The van der Waals surface area contributed by atoms with Gasteiger partial charge >= 0.3 is 0 Å². The lowest BCUT2D eigenvalue weighted by Crippen LogP contribution is -2.32. The summed E-state index contributed by atoms with van der Waals surface area (Å²) in [5, 5.41) is 3.14. The highest BCUT2D eigenvalue weighted by Gasteiger charge is 2.49. The fourth-order valence-corrected chi connectivity index (χ4v) is 4.66. The largest absolute Gasteiger partial charge is 0.376 e. The Kier molecular flexibility index (Phi) is 4.62. The van der Waals surface area contributed by atoms with Crippen LogP contribution in [0.1, 0.15) is 30.5 Å². The van der Waals surface area contributed by atoms with Gasteiger partial charge in [0.2, 0.25) is 5.91 Å². The van der Waals surface area contributed by atoms with E-state index in [4.69, 9.17) is 9.47 Å². The maximum atomic E-state index is 12.4. The highest BCUT2D eigenvalue weighted by molar-refractivity contribution is 7.09. The van der Waals surface area contributed by atoms with Crippen LogP contribution in [-0.4, -0.2) is 48.2 Å². The molecule has 5 atom stereocenters. The van der Waals surface area contributed by atoms with Crippen LogP contribution < -0.4 is 0 Å². The van der Waals surface area contributed by atoms with Crippen molar-refractivity contribution in [2.75, 3.05) is 26.3 Å². The van der Waals surface area contributed by atoms with Crippen molar-refractivity contribution in [3.8, 4) is 0 Å². The lowest BCUT2D eigenvalue weighted by Gasteiger charge is -2.20. The molecule has 0 radical (unpaired) electrons. The number of carbonyl (C=O) groups is 1. The minimum Gasteiger partial charge on any atom is -0.376 e. The minimum absolute atomic E-state index is 0.245. The SMILES string of the molecule is Cc1nc(COCC[C@H]2CO[C@H]3CN(C(=O)C4CC4C)C[C@@H]23)cs1. The van der Waals surface area contributed by atoms with Gasteiger partial charge in [-0.25, -0.2) is 4.98 Å². The predicted octanol–water partition coefficient (Wildman–Crippen LogP) is 2.49. The standard InChI is InChI=1S/C18H26N2O3S/c1-11-5-15(11)18(21)20-6-16-13(8-23-17(16)7-20)3-4-22-9-14-10-24-12(2)19-14/h10-11,13,15-17H,3-9H2,1-2H3/t11?,13-,15?,16-,17-/m0/s1. The van der Waals surface area contributed by atoms with Crippen LogP contribution in [-0.2, 0) is 20.9 Å². The third kappa shape index (κ3) is 3.37. The number of carbonyl (C=O) groups excluding carboxylic acids is 1. The molecule has 24 heavy (non-hydrogen) atoms. The fourth-order valence-electron chi connectivity index (χ4n) is 4.06. The fraction of sp³-hybridized carbons (Fsp3) is 0.778. The summed E-state index contributed by atoms with van der Waals surface area (Å²) in [5.74, 6) is 2.23. The molecular weight excluding hydrogens is 324 g/mol. The zero-order valence-corrected chi connectivity index (χ0v) is 15.3. The number of amides is 1. The maximum absolute atomic E-state index is 12.4. The molecule has 1 saturated carbocycles. The average molecular weight is 350 g/mol. The van der Waals surface area contributed by atoms with Crippen molar-refractivity contribution in [2.24, 2.45) is 23.7 Å². The van der Waals surface area contributed by atoms with Gasteiger partial charge in [-0.1, -0.05) is 6.92 Å². The van der Waals surface area contributed by atoms with Crippen LogP contribution in [0, 0.1) is 30.6 Å². The van der Waals surface area contributed by atoms with E-state index in [1.54, 1.807) is 11.3 Å². The van der Waals surface area contributed by atoms with Crippen LogP contribution in [0.5, 0.6) is 0 Å². The molecule has 3 heterocycles. The summed E-state index contributed by atoms with van der Waals surface area (Å²) in [6.07, 6.45) is 2.32. The number of thiazole rings is 1. The molecular formula is C18H26N2O3S. The van der Waals surface area contributed by atoms with Crippen molar-refractivity contribution in [2.45, 2.75) is 39.4 Å². The molecule has 3 fully saturated rings. The van der Waals surface area contributed by atoms with Gasteiger partial charge in [0.1, 0.15) is 0 Å². The van der Waals surface area contributed by atoms with E-state index in [0.29, 0.717) is 30.3 Å². The zero-order chi connectivity index (χ0) is 16.7. The van der Waals surface area contributed by atoms with Crippen LogP contribution in [0.25, 0.3) is 0 Å². The van der Waals surface area contributed by atoms with E-state index in [1.165, 1.54) is 0 Å². The topological polar surface area (TPSA) is 51.7 Å². The summed E-state index contributed by atoms with van der Waals surface area (Å²) in [4.78, 5) is 18.9. The molecule has 2 saturated heterocycles. The van der Waals surface area contributed by atoms with Crippen molar-refractivity contribution < 1.29 is 14.3 Å². The summed E-state index contributed by atoms with van der Waals surface area (Å²) >= 11 is 1.66. The molecule has 1 amide bonds. The van der Waals surface area contributed by atoms with Crippen LogP contribution in [0.15, 0.2) is 5.38 Å². The van der Waals surface area contributed by atoms with Gasteiger partial charge in [0.25, 0.3) is 0 Å². The van der Waals surface area contributed by atoms with Crippen molar-refractivity contribution in [3.05, 3.63) is 16.1 Å². The van der Waals surface area contributed by atoms with E-state index in [1.807, 2.05) is 6.92 Å². The molecule has 0 bridgehead atoms. The first-order valence-corrected chi connectivity index (χ1v) is 9.89. The predicted molar refractivity (Wildman–Crippen MR) is 91.7 cm³/mol. The van der Waals surface area contributed by atoms with E-state index in [0.717, 1.165) is 49.8 Å². The summed E-state index contributed by atoms with van der Waals surface area (Å²) in [5.41, 5.74) is 1.02. The van der Waals surface area contributed by atoms with E-state index in [9.17, 15) is 4.79 Å². The molecule has 1 aromatic heterocycles. The number of ether oxygens (including phenoxy) is 2. The number of hydrogen-bond acceptors (Lipinski definition) is 5. The third-order valence-corrected chi connectivity index (χ3v) is 6.55. The van der Waals surface area contributed by atoms with Gasteiger partial charge in [0.05, 0.1) is 30.0 Å². The Hall–Kier alpha value is -0.980. The smallest absolute Gasteiger partial charge is 0.226 e. The van der Waals surface area contributed by atoms with Gasteiger partial charge in [-0.15, -0.1) is 11.3 Å². The lowest BCUT2D eigenvalue weighted by molar-refractivity contribution is -0.132. The monoisotopic (exact) mass is 350 g/mol. The van der Waals surface area contributed by atoms with Crippen LogP contribution >= 0.6 is 11.3 Å². The first kappa shape index (κ1) is 16.5. The first-order valence-electron chi connectivity index (χ1n) is 9.01. The number of aromatic nitrogens is 1. The van der Waals surface area contributed by atoms with Crippen LogP contribution in [0.4, 0.5) is 0 Å². The van der Waals surface area contributed by atoms with E-state index >= 15 is 0 Å². The molecule has 6 heteroatoms. The maximum Gasteiger partial charge on any atom is 0.226 e. The van der Waals surface area contributed by atoms with Gasteiger partial charge < -0.3 is 14.4 Å². The van der Waals surface area contributed by atoms with E-state index in [2.05, 4.69) is 22.2 Å². The second-order valence-corrected chi connectivity index (χ2v) is 8.62.